The van der Waals surface area contributed by atoms with E-state index in [-0.39, 0.29) is 63.5 Å². The number of nitrogens with zero attached hydrogens (tertiary/aromatic N) is 1. The van der Waals surface area contributed by atoms with Gasteiger partial charge in [-0.05, 0) is 93.0 Å². The lowest BCUT2D eigenvalue weighted by atomic mass is 9.35. The number of alkyl carbamates (subject to hydrolysis) is 1. The Bertz CT molecular complexity index is 1270. The summed E-state index contributed by atoms with van der Waals surface area (Å²) in [4.78, 5) is 44.5. The molecule has 3 saturated carbocycles. The monoisotopic (exact) mass is 548 g/mol. The molecule has 0 saturated heterocycles. The summed E-state index contributed by atoms with van der Waals surface area (Å²) < 4.78 is 5.56. The van der Waals surface area contributed by atoms with Gasteiger partial charge in [-0.15, -0.1) is 0 Å². The smallest absolute Gasteiger partial charge is 0.407 e. The van der Waals surface area contributed by atoms with Gasteiger partial charge in [0.25, 0.3) is 0 Å². The first kappa shape index (κ1) is 29.1. The molecule has 40 heavy (non-hydrogen) atoms. The topological polar surface area (TPSA) is 76.8 Å². The van der Waals surface area contributed by atoms with Crippen molar-refractivity contribution in [1.82, 2.24) is 5.32 Å². The number of Topliss-reactive ketones (excluding diaryl/α,β-unsaturated/α-hetero) is 1. The van der Waals surface area contributed by atoms with E-state index in [2.05, 4.69) is 44.8 Å². The zero-order valence-corrected chi connectivity index (χ0v) is 26.0. The molecule has 6 heteroatoms. The molecule has 6 nitrogen and oxygen atoms in total. The van der Waals surface area contributed by atoms with Crippen molar-refractivity contribution < 1.29 is 19.1 Å². The van der Waals surface area contributed by atoms with Gasteiger partial charge < -0.3 is 14.8 Å². The lowest BCUT2D eigenvalue weighted by Crippen LogP contribution is -2.69. The Hall–Kier alpha value is -2.42. The summed E-state index contributed by atoms with van der Waals surface area (Å²) in [5, 5.41) is 3.33. The predicted molar refractivity (Wildman–Crippen MR) is 155 cm³/mol. The van der Waals surface area contributed by atoms with Crippen molar-refractivity contribution in [1.29, 1.82) is 0 Å². The van der Waals surface area contributed by atoms with Gasteiger partial charge in [-0.1, -0.05) is 60.1 Å². The van der Waals surface area contributed by atoms with Crippen LogP contribution in [0.15, 0.2) is 23.4 Å². The maximum absolute atomic E-state index is 14.5. The van der Waals surface area contributed by atoms with Crippen LogP contribution >= 0.6 is 0 Å². The average Bonchev–Trinajstić information content (AvgIpc) is 2.83. The molecule has 218 valence electrons. The first-order valence-corrected chi connectivity index (χ1v) is 15.3. The quantitative estimate of drug-likeness (QED) is 0.364. The Kier molecular flexibility index (Phi) is 6.39. The zero-order valence-electron chi connectivity index (χ0n) is 26.0. The molecule has 5 rings (SSSR count). The lowest BCUT2D eigenvalue weighted by molar-refractivity contribution is -0.161. The molecule has 3 fully saturated rings. The van der Waals surface area contributed by atoms with Gasteiger partial charge in [0.05, 0.1) is 12.7 Å². The van der Waals surface area contributed by atoms with Gasteiger partial charge in [0.1, 0.15) is 0 Å². The highest BCUT2D eigenvalue weighted by atomic mass is 16.6. The third-order valence-electron chi connectivity index (χ3n) is 12.5. The van der Waals surface area contributed by atoms with E-state index in [0.717, 1.165) is 50.5 Å². The molecule has 0 aromatic carbocycles. The Balaban J connectivity index is 1.64. The van der Waals surface area contributed by atoms with Crippen molar-refractivity contribution in [2.24, 2.45) is 44.8 Å². The highest BCUT2D eigenvalue weighted by Gasteiger charge is 2.70. The van der Waals surface area contributed by atoms with Crippen molar-refractivity contribution in [2.75, 3.05) is 0 Å². The number of ether oxygens (including phenoxy) is 1. The number of carbonyl (C=O) groups excluding carboxylic acids is 3. The van der Waals surface area contributed by atoms with Crippen LogP contribution in [0, 0.1) is 51.4 Å². The lowest BCUT2D eigenvalue weighted by Gasteiger charge is -2.69. The maximum Gasteiger partial charge on any atom is 0.407 e. The van der Waals surface area contributed by atoms with Crippen LogP contribution in [0.2, 0.25) is 0 Å². The number of amides is 1. The van der Waals surface area contributed by atoms with Gasteiger partial charge >= 0.3 is 6.09 Å². The summed E-state index contributed by atoms with van der Waals surface area (Å²) in [6.45, 7) is 26.9. The van der Waals surface area contributed by atoms with Gasteiger partial charge in [0, 0.05) is 22.3 Å². The van der Waals surface area contributed by atoms with Gasteiger partial charge in [0.2, 0.25) is 5.70 Å². The van der Waals surface area contributed by atoms with E-state index in [1.807, 2.05) is 39.8 Å². The molecule has 0 aromatic rings. The van der Waals surface area contributed by atoms with Crippen LogP contribution in [-0.2, 0) is 14.3 Å². The maximum atomic E-state index is 14.5. The molecule has 0 aliphatic heterocycles. The summed E-state index contributed by atoms with van der Waals surface area (Å²) in [5.74, 6) is -0.0893. The van der Waals surface area contributed by atoms with Crippen LogP contribution < -0.4 is 5.32 Å². The summed E-state index contributed by atoms with van der Waals surface area (Å²) in [6.07, 6.45) is 9.39. The molecular weight excluding hydrogens is 500 g/mol. The van der Waals surface area contributed by atoms with E-state index < -0.39 is 16.4 Å². The van der Waals surface area contributed by atoms with Crippen LogP contribution in [0.1, 0.15) is 107 Å². The van der Waals surface area contributed by atoms with Crippen LogP contribution in [0.4, 0.5) is 4.79 Å². The zero-order chi connectivity index (χ0) is 29.7. The Labute approximate surface area is 240 Å². The molecule has 1 N–H and O–H groups in total. The molecule has 7 atom stereocenters. The second-order valence-electron chi connectivity index (χ2n) is 16.0. The number of allylic oxidation sites excluding steroid dienone is 4. The fraction of sp³-hybridized carbons (Fsp3) is 0.765. The second kappa shape index (κ2) is 8.79. The Morgan fingerprint density at radius 1 is 1.02 bits per heavy atom. The molecule has 0 heterocycles. The summed E-state index contributed by atoms with van der Waals surface area (Å²) in [7, 11) is 0. The van der Waals surface area contributed by atoms with Crippen molar-refractivity contribution >= 4 is 17.7 Å². The minimum atomic E-state index is -0.665. The molecule has 0 spiro atoms. The van der Waals surface area contributed by atoms with Crippen LogP contribution in [0.5, 0.6) is 0 Å². The largest absolute Gasteiger partial charge is 0.447 e. The SMILES string of the molecule is [C-]#[N+]C1=C[C@]2(C)C3=CC(=O)[C@@H]4[C@@H]5CC(C)(C)CC[C@]5(NC(=O)OC(C)C)CC[C@@]4(C)[C@]3(C)CC[C@H]2C(C)(C)C1=O. The fourth-order valence-electron chi connectivity index (χ4n) is 10.3. The number of nitrogens with one attached hydrogen (secondary N) is 1. The third kappa shape index (κ3) is 3.82. The first-order chi connectivity index (χ1) is 18.4. The van der Waals surface area contributed by atoms with E-state index in [4.69, 9.17) is 11.3 Å². The van der Waals surface area contributed by atoms with Crippen LogP contribution in [-0.4, -0.2) is 29.3 Å². The van der Waals surface area contributed by atoms with Crippen LogP contribution in [0.25, 0.3) is 4.85 Å². The van der Waals surface area contributed by atoms with E-state index in [0.29, 0.717) is 0 Å². The number of carbonyl (C=O) groups is 3. The predicted octanol–water partition coefficient (Wildman–Crippen LogP) is 7.45. The number of fused-ring (bicyclic) bond motifs is 7. The molecule has 0 aromatic heterocycles. The number of rotatable bonds is 2. The van der Waals surface area contributed by atoms with Crippen molar-refractivity contribution in [3.63, 3.8) is 0 Å². The summed E-state index contributed by atoms with van der Waals surface area (Å²) in [5.41, 5.74) is -0.828. The van der Waals surface area contributed by atoms with Gasteiger partial charge in [-0.2, -0.15) is 0 Å². The van der Waals surface area contributed by atoms with E-state index in [1.165, 1.54) is 0 Å². The normalized spacial score (nSPS) is 43.2. The fourth-order valence-corrected chi connectivity index (χ4v) is 10.3. The van der Waals surface area contributed by atoms with Crippen molar-refractivity contribution in [3.8, 4) is 0 Å². The molecule has 0 radical (unpaired) electrons. The highest BCUT2D eigenvalue weighted by molar-refractivity contribution is 6.03. The molecule has 0 unspecified atom stereocenters. The molecule has 5 aliphatic rings. The van der Waals surface area contributed by atoms with Crippen molar-refractivity contribution in [3.05, 3.63) is 34.8 Å². The molecule has 5 aliphatic carbocycles. The number of ketones is 2. The van der Waals surface area contributed by atoms with Gasteiger partial charge in [-0.3, -0.25) is 4.79 Å². The molecule has 1 amide bonds. The van der Waals surface area contributed by atoms with E-state index in [9.17, 15) is 14.4 Å². The minimum absolute atomic E-state index is 0.0149. The minimum Gasteiger partial charge on any atom is -0.447 e. The Morgan fingerprint density at radius 2 is 1.68 bits per heavy atom. The van der Waals surface area contributed by atoms with Crippen LogP contribution in [0.3, 0.4) is 0 Å². The second-order valence-corrected chi connectivity index (χ2v) is 16.0. The van der Waals surface area contributed by atoms with Gasteiger partial charge in [-0.25, -0.2) is 9.64 Å². The number of hydrogen-bond acceptors (Lipinski definition) is 4. The van der Waals surface area contributed by atoms with Crippen molar-refractivity contribution in [2.45, 2.75) is 119 Å². The van der Waals surface area contributed by atoms with E-state index in [1.54, 1.807) is 0 Å². The summed E-state index contributed by atoms with van der Waals surface area (Å²) >= 11 is 0. The molecule has 0 bridgehead atoms. The van der Waals surface area contributed by atoms with E-state index >= 15 is 0 Å². The molecular formula is C34H48N2O4. The summed E-state index contributed by atoms with van der Waals surface area (Å²) in [6, 6.07) is 0. The Morgan fingerprint density at radius 3 is 2.30 bits per heavy atom. The number of hydrogen-bond donors (Lipinski definition) is 1. The standard InChI is InChI=1S/C34H48N2O4/c1-20(2)40-28(39)36-34-15-13-29(3,4)18-21(34)26-23(37)17-25-31(7)19-22(35-10)27(38)30(5,6)24(31)11-12-32(25,8)33(26,9)14-16-34/h17,19-21,24,26H,11-16,18H2,1-9H3,(H,36,39)/t21-,24-,26-,31-,32+,33+,34-/m0/s1. The average molecular weight is 549 g/mol. The highest BCUT2D eigenvalue weighted by Crippen LogP contribution is 2.73. The van der Waals surface area contributed by atoms with Gasteiger partial charge in [0.15, 0.2) is 11.6 Å². The third-order valence-corrected chi connectivity index (χ3v) is 12.5. The first-order valence-electron chi connectivity index (χ1n) is 15.3.